The van der Waals surface area contributed by atoms with E-state index in [0.717, 1.165) is 74.3 Å². The van der Waals surface area contributed by atoms with Crippen LogP contribution in [0.3, 0.4) is 0 Å². The maximum atomic E-state index is 13.7. The number of thiocarbonyl (C=S) groups is 1. The van der Waals surface area contributed by atoms with Crippen molar-refractivity contribution in [2.75, 3.05) is 64.7 Å². The van der Waals surface area contributed by atoms with E-state index < -0.39 is 43.3 Å². The average Bonchev–Trinajstić information content (AvgIpc) is 3.37. The van der Waals surface area contributed by atoms with Crippen LogP contribution in [-0.4, -0.2) is 113 Å². The van der Waals surface area contributed by atoms with Crippen LogP contribution in [0.15, 0.2) is 30.5 Å². The minimum atomic E-state index is -3.13. The minimum absolute atomic E-state index is 0.269. The fourth-order valence-corrected chi connectivity index (χ4v) is 5.99. The Bertz CT molecular complexity index is 1440. The number of piperazine rings is 1. The molecule has 15 heteroatoms. The van der Waals surface area contributed by atoms with E-state index in [1.165, 1.54) is 24.0 Å². The van der Waals surface area contributed by atoms with Gasteiger partial charge in [-0.3, -0.25) is 19.5 Å². The van der Waals surface area contributed by atoms with Gasteiger partial charge in [0, 0.05) is 63.0 Å². The van der Waals surface area contributed by atoms with E-state index in [2.05, 4.69) is 30.8 Å². The van der Waals surface area contributed by atoms with Crippen molar-refractivity contribution in [1.29, 1.82) is 10.5 Å². The van der Waals surface area contributed by atoms with Crippen molar-refractivity contribution in [2.45, 2.75) is 37.6 Å². The number of nitrogens with one attached hydrogen (secondary N) is 2. The predicted octanol–water partition coefficient (Wildman–Crippen LogP) is 2.98. The van der Waals surface area contributed by atoms with E-state index in [9.17, 15) is 18.4 Å². The molecular weight excluding hydrogens is 623 g/mol. The molecular formula is C30H36F2N8O3S2. The number of rotatable bonds is 13. The third-order valence-corrected chi connectivity index (χ3v) is 8.68. The first-order valence-corrected chi connectivity index (χ1v) is 16.2. The smallest absolute Gasteiger partial charge is 0.268 e. The molecule has 1 unspecified atom stereocenters. The molecule has 240 valence electrons. The quantitative estimate of drug-likeness (QED) is 0.187. The lowest BCUT2D eigenvalue weighted by Gasteiger charge is -2.36. The largest absolute Gasteiger partial charge is 0.494 e. The second-order valence-corrected chi connectivity index (χ2v) is 12.1. The van der Waals surface area contributed by atoms with Crippen LogP contribution in [0.25, 0.3) is 10.9 Å². The predicted molar refractivity (Wildman–Crippen MR) is 171 cm³/mol. The molecule has 2 saturated heterocycles. The Balaban J connectivity index is 1.20. The highest BCUT2D eigenvalue weighted by Crippen LogP contribution is 2.31. The zero-order chi connectivity index (χ0) is 32.2. The van der Waals surface area contributed by atoms with Gasteiger partial charge in [-0.15, -0.1) is 0 Å². The first-order chi connectivity index (χ1) is 21.7. The van der Waals surface area contributed by atoms with Crippen LogP contribution in [0, 0.1) is 22.0 Å². The lowest BCUT2D eigenvalue weighted by Crippen LogP contribution is -2.52. The molecule has 11 nitrogen and oxygen atoms in total. The number of aromatic nitrogens is 1. The van der Waals surface area contributed by atoms with Crippen molar-refractivity contribution < 1.29 is 23.1 Å². The molecule has 3 heterocycles. The molecule has 0 spiro atoms. The van der Waals surface area contributed by atoms with Crippen molar-refractivity contribution in [3.8, 4) is 17.2 Å². The summed E-state index contributed by atoms with van der Waals surface area (Å²) in [5.41, 5.74) is 0.832. The number of hydrogen-bond acceptors (Lipinski definition) is 9. The molecule has 0 bridgehead atoms. The molecule has 1 atom stereocenters. The molecule has 2 aliphatic heterocycles. The number of alkyl halides is 2. The Kier molecular flexibility index (Phi) is 12.5. The number of unbranched alkanes of at least 4 members (excludes halogenated alkanes) is 1. The fourth-order valence-electron chi connectivity index (χ4n) is 5.26. The van der Waals surface area contributed by atoms with Crippen molar-refractivity contribution in [3.05, 3.63) is 36.0 Å². The van der Waals surface area contributed by atoms with Crippen molar-refractivity contribution in [1.82, 2.24) is 30.3 Å². The summed E-state index contributed by atoms with van der Waals surface area (Å²) >= 11 is 6.81. The van der Waals surface area contributed by atoms with E-state index >= 15 is 0 Å². The van der Waals surface area contributed by atoms with Gasteiger partial charge in [0.05, 0.1) is 36.8 Å². The van der Waals surface area contributed by atoms with Gasteiger partial charge in [0.15, 0.2) is 5.11 Å². The Labute approximate surface area is 270 Å². The van der Waals surface area contributed by atoms with Gasteiger partial charge in [-0.1, -0.05) is 0 Å². The molecule has 45 heavy (non-hydrogen) atoms. The van der Waals surface area contributed by atoms with Crippen molar-refractivity contribution in [3.63, 3.8) is 0 Å². The Morgan fingerprint density at radius 3 is 2.69 bits per heavy atom. The van der Waals surface area contributed by atoms with Gasteiger partial charge in [-0.25, -0.2) is 8.78 Å². The second kappa shape index (κ2) is 16.5. The number of fused-ring (bicyclic) bond motifs is 1. The number of amides is 2. The highest BCUT2D eigenvalue weighted by molar-refractivity contribution is 8.03. The Morgan fingerprint density at radius 2 is 1.93 bits per heavy atom. The van der Waals surface area contributed by atoms with Crippen molar-refractivity contribution >= 4 is 51.8 Å². The van der Waals surface area contributed by atoms with E-state index in [0.29, 0.717) is 23.3 Å². The summed E-state index contributed by atoms with van der Waals surface area (Å²) in [6.07, 6.45) is 3.54. The van der Waals surface area contributed by atoms with Gasteiger partial charge >= 0.3 is 0 Å². The van der Waals surface area contributed by atoms with Crippen LogP contribution < -0.4 is 15.4 Å². The molecule has 0 saturated carbocycles. The third-order valence-electron chi connectivity index (χ3n) is 7.66. The van der Waals surface area contributed by atoms with Crippen LogP contribution >= 0.6 is 24.0 Å². The minimum Gasteiger partial charge on any atom is -0.494 e. The van der Waals surface area contributed by atoms with Crippen LogP contribution in [-0.2, 0) is 4.79 Å². The van der Waals surface area contributed by atoms with Crippen LogP contribution in [0.5, 0.6) is 5.75 Å². The van der Waals surface area contributed by atoms with Crippen molar-refractivity contribution in [2.24, 2.45) is 0 Å². The number of carbonyl (C=O) groups is 2. The molecule has 4 rings (SSSR count). The molecule has 2 aliphatic rings. The van der Waals surface area contributed by atoms with E-state index in [1.54, 1.807) is 24.3 Å². The first-order valence-electron chi connectivity index (χ1n) is 14.8. The highest BCUT2D eigenvalue weighted by atomic mass is 32.2. The molecule has 0 aliphatic carbocycles. The summed E-state index contributed by atoms with van der Waals surface area (Å²) in [5.74, 6) is -3.01. The lowest BCUT2D eigenvalue weighted by atomic mass is 10.1. The number of carbonyl (C=O) groups excluding carboxylic acids is 2. The second-order valence-electron chi connectivity index (χ2n) is 10.9. The highest BCUT2D eigenvalue weighted by Gasteiger charge is 2.47. The van der Waals surface area contributed by atoms with E-state index in [4.69, 9.17) is 27.5 Å². The molecule has 0 radical (unpaired) electrons. The number of pyridine rings is 1. The maximum absolute atomic E-state index is 13.7. The Morgan fingerprint density at radius 1 is 1.13 bits per heavy atom. The molecule has 2 amide bonds. The van der Waals surface area contributed by atoms with Crippen LogP contribution in [0.1, 0.15) is 36.0 Å². The number of thioether (sulfide) groups is 1. The standard InChI is InChI=1S/C30H36F2N8O3S2/c31-30(32)17-22(18-33)40(20-30)27(41)19-37-28(42)24-6-8-35-26-5-4-23(16-25(24)26)43-14-3-9-38-10-12-39(13-11-38)29(44)36-7-1-2-15-45-21-34/h4-6,8,16,22H,1-3,7,9-15,17,19-20H2,(H,36,44)(H,37,42). The number of nitrogens with zero attached hydrogens (tertiary/aromatic N) is 6. The summed E-state index contributed by atoms with van der Waals surface area (Å²) in [6.45, 7) is 4.33. The normalized spacial score (nSPS) is 17.8. The van der Waals surface area contributed by atoms with Crippen LogP contribution in [0.4, 0.5) is 8.78 Å². The number of ether oxygens (including phenoxy) is 1. The lowest BCUT2D eigenvalue weighted by molar-refractivity contribution is -0.131. The monoisotopic (exact) mass is 658 g/mol. The number of hydrogen-bond donors (Lipinski definition) is 2. The summed E-state index contributed by atoms with van der Waals surface area (Å²) in [4.78, 5) is 35.2. The van der Waals surface area contributed by atoms with Gasteiger partial charge < -0.3 is 25.2 Å². The van der Waals surface area contributed by atoms with Gasteiger partial charge in [0.1, 0.15) is 17.2 Å². The number of likely N-dealkylation sites (tertiary alicyclic amines) is 1. The molecule has 2 aromatic rings. The first kappa shape index (κ1) is 34.1. The Hall–Kier alpha value is -3.79. The summed E-state index contributed by atoms with van der Waals surface area (Å²) < 4.78 is 33.4. The van der Waals surface area contributed by atoms with Crippen LogP contribution in [0.2, 0.25) is 0 Å². The molecule has 1 aromatic carbocycles. The maximum Gasteiger partial charge on any atom is 0.268 e. The van der Waals surface area contributed by atoms with E-state index in [1.807, 2.05) is 0 Å². The summed E-state index contributed by atoms with van der Waals surface area (Å²) in [5, 5.41) is 26.9. The zero-order valence-corrected chi connectivity index (χ0v) is 26.5. The van der Waals surface area contributed by atoms with E-state index in [-0.39, 0.29) is 5.56 Å². The number of benzene rings is 1. The fraction of sp³-hybridized carbons (Fsp3) is 0.533. The number of thiocyanates is 1. The van der Waals surface area contributed by atoms with Gasteiger partial charge in [-0.05, 0) is 67.5 Å². The van der Waals surface area contributed by atoms with Gasteiger partial charge in [0.2, 0.25) is 5.91 Å². The van der Waals surface area contributed by atoms with Gasteiger partial charge in [-0.2, -0.15) is 10.5 Å². The number of nitriles is 2. The summed E-state index contributed by atoms with van der Waals surface area (Å²) in [7, 11) is 0. The number of halogens is 2. The van der Waals surface area contributed by atoms with Gasteiger partial charge in [0.25, 0.3) is 11.8 Å². The summed E-state index contributed by atoms with van der Waals surface area (Å²) in [6, 6.07) is 7.28. The topological polar surface area (TPSA) is 138 Å². The molecule has 2 fully saturated rings. The molecule has 2 N–H and O–H groups in total. The molecule has 1 aromatic heterocycles. The third kappa shape index (κ3) is 9.85. The SMILES string of the molecule is N#CSCCCCNC(=S)N1CCN(CCCOc2ccc3nccc(C(=O)NCC(=O)N4CC(F)(F)CC4C#N)c3c2)CC1. The zero-order valence-electron chi connectivity index (χ0n) is 24.8. The average molecular weight is 659 g/mol.